The van der Waals surface area contributed by atoms with Crippen molar-refractivity contribution >= 4 is 45.0 Å². The van der Waals surface area contributed by atoms with Gasteiger partial charge in [0.2, 0.25) is 10.0 Å². The summed E-state index contributed by atoms with van der Waals surface area (Å²) in [6.45, 7) is 0. The largest absolute Gasteiger partial charge is 0.365 e. The van der Waals surface area contributed by atoms with E-state index in [9.17, 15) is 18.0 Å². The van der Waals surface area contributed by atoms with Gasteiger partial charge < -0.3 is 11.1 Å². The minimum Gasteiger partial charge on any atom is -0.365 e. The van der Waals surface area contributed by atoms with Gasteiger partial charge in [0.1, 0.15) is 11.4 Å². The highest BCUT2D eigenvalue weighted by Gasteiger charge is 2.19. The lowest BCUT2D eigenvalue weighted by Crippen LogP contribution is -2.35. The monoisotopic (exact) mass is 469 g/mol. The molecular formula is C19H15N7O4S2. The van der Waals surface area contributed by atoms with Crippen molar-refractivity contribution in [3.05, 3.63) is 71.4 Å². The Labute approximate surface area is 187 Å². The summed E-state index contributed by atoms with van der Waals surface area (Å²) in [7, 11) is -3.89. The number of amides is 2. The van der Waals surface area contributed by atoms with Crippen LogP contribution in [0.1, 0.15) is 26.3 Å². The fourth-order valence-electron chi connectivity index (χ4n) is 2.63. The van der Waals surface area contributed by atoms with Crippen LogP contribution in [-0.2, 0) is 10.0 Å². The van der Waals surface area contributed by atoms with Crippen LogP contribution in [0.5, 0.6) is 0 Å². The molecule has 32 heavy (non-hydrogen) atoms. The van der Waals surface area contributed by atoms with Crippen molar-refractivity contribution in [2.75, 3.05) is 5.32 Å². The van der Waals surface area contributed by atoms with Crippen molar-refractivity contribution in [1.29, 1.82) is 5.26 Å². The van der Waals surface area contributed by atoms with E-state index in [0.717, 1.165) is 0 Å². The summed E-state index contributed by atoms with van der Waals surface area (Å²) in [5.74, 6) is -1.29. The van der Waals surface area contributed by atoms with Crippen molar-refractivity contribution in [3.8, 4) is 11.8 Å². The first-order valence-electron chi connectivity index (χ1n) is 8.73. The topological polar surface area (TPSA) is 186 Å². The van der Waals surface area contributed by atoms with Crippen LogP contribution in [0.3, 0.4) is 0 Å². The van der Waals surface area contributed by atoms with Crippen LogP contribution in [0.25, 0.3) is 5.69 Å². The maximum absolute atomic E-state index is 12.4. The SMILES string of the molecule is N#Cc1ccc(C(=O)NC(=S)Nc2c(C(N)=O)cnn2-c2ccc(S(N)(=O)=O)cc2)cc1. The highest BCUT2D eigenvalue weighted by molar-refractivity contribution is 7.89. The molecule has 0 saturated heterocycles. The maximum Gasteiger partial charge on any atom is 0.257 e. The number of nitrogens with two attached hydrogens (primary N) is 2. The van der Waals surface area contributed by atoms with E-state index >= 15 is 0 Å². The van der Waals surface area contributed by atoms with E-state index in [4.69, 9.17) is 28.4 Å². The molecule has 0 bridgehead atoms. The van der Waals surface area contributed by atoms with Crippen LogP contribution in [0.4, 0.5) is 5.82 Å². The number of sulfonamides is 1. The Morgan fingerprint density at radius 1 is 1.09 bits per heavy atom. The second kappa shape index (κ2) is 8.94. The van der Waals surface area contributed by atoms with Gasteiger partial charge in [0.15, 0.2) is 5.11 Å². The van der Waals surface area contributed by atoms with Gasteiger partial charge in [-0.2, -0.15) is 10.4 Å². The number of rotatable bonds is 5. The fourth-order valence-corrected chi connectivity index (χ4v) is 3.34. The number of thiocarbonyl (C=S) groups is 1. The third-order valence-electron chi connectivity index (χ3n) is 4.18. The molecule has 0 saturated carbocycles. The van der Waals surface area contributed by atoms with E-state index < -0.39 is 21.8 Å². The van der Waals surface area contributed by atoms with Crippen LogP contribution in [0.15, 0.2) is 59.6 Å². The molecule has 0 aliphatic rings. The molecule has 1 heterocycles. The molecule has 0 spiro atoms. The predicted molar refractivity (Wildman–Crippen MR) is 118 cm³/mol. The van der Waals surface area contributed by atoms with Crippen LogP contribution in [-0.4, -0.2) is 35.1 Å². The lowest BCUT2D eigenvalue weighted by atomic mass is 10.1. The van der Waals surface area contributed by atoms with Crippen molar-refractivity contribution in [1.82, 2.24) is 15.1 Å². The minimum absolute atomic E-state index is 0.0181. The number of nitrogens with one attached hydrogen (secondary N) is 2. The van der Waals surface area contributed by atoms with E-state index in [1.54, 1.807) is 0 Å². The number of hydrogen-bond donors (Lipinski definition) is 4. The summed E-state index contributed by atoms with van der Waals surface area (Å²) in [5.41, 5.74) is 6.40. The fraction of sp³-hybridized carbons (Fsp3) is 0. The van der Waals surface area contributed by atoms with Gasteiger partial charge in [-0.25, -0.2) is 18.2 Å². The van der Waals surface area contributed by atoms with Crippen LogP contribution >= 0.6 is 12.2 Å². The minimum atomic E-state index is -3.89. The molecule has 0 fully saturated rings. The van der Waals surface area contributed by atoms with E-state index in [1.807, 2.05) is 6.07 Å². The summed E-state index contributed by atoms with van der Waals surface area (Å²) in [6, 6.07) is 13.2. The first kappa shape index (κ1) is 22.6. The zero-order chi connectivity index (χ0) is 23.5. The average Bonchev–Trinajstić information content (AvgIpc) is 3.16. The Bertz CT molecular complexity index is 1360. The number of carbonyl (C=O) groups is 2. The molecule has 2 aromatic carbocycles. The number of carbonyl (C=O) groups excluding carboxylic acids is 2. The number of nitriles is 1. The molecular weight excluding hydrogens is 454 g/mol. The number of nitrogens with zero attached hydrogens (tertiary/aromatic N) is 3. The van der Waals surface area contributed by atoms with Crippen LogP contribution in [0.2, 0.25) is 0 Å². The van der Waals surface area contributed by atoms with Gasteiger partial charge in [0.25, 0.3) is 11.8 Å². The molecule has 13 heteroatoms. The molecule has 3 rings (SSSR count). The van der Waals surface area contributed by atoms with Crippen LogP contribution in [0, 0.1) is 11.3 Å². The van der Waals surface area contributed by atoms with E-state index in [1.165, 1.54) is 59.4 Å². The van der Waals surface area contributed by atoms with E-state index in [0.29, 0.717) is 11.3 Å². The third kappa shape index (κ3) is 4.95. The van der Waals surface area contributed by atoms with Gasteiger partial charge in [-0.15, -0.1) is 0 Å². The summed E-state index contributed by atoms with van der Waals surface area (Å²) < 4.78 is 24.2. The summed E-state index contributed by atoms with van der Waals surface area (Å²) in [5, 5.41) is 23.0. The first-order valence-corrected chi connectivity index (χ1v) is 10.7. The number of aromatic nitrogens is 2. The highest BCUT2D eigenvalue weighted by Crippen LogP contribution is 2.21. The average molecular weight is 470 g/mol. The standard InChI is InChI=1S/C19H15N7O4S2/c20-9-11-1-3-12(4-2-11)18(28)25-19(31)24-17-15(16(21)27)10-23-26(17)13-5-7-14(8-6-13)32(22,29)30/h1-8,10H,(H2,21,27)(H2,22,29,30)(H2,24,25,28,31). The Morgan fingerprint density at radius 2 is 1.72 bits per heavy atom. The molecule has 11 nitrogen and oxygen atoms in total. The third-order valence-corrected chi connectivity index (χ3v) is 5.31. The van der Waals surface area contributed by atoms with Crippen molar-refractivity contribution in [3.63, 3.8) is 0 Å². The lowest BCUT2D eigenvalue weighted by Gasteiger charge is -2.13. The van der Waals surface area contributed by atoms with Gasteiger partial charge in [-0.3, -0.25) is 14.9 Å². The predicted octanol–water partition coefficient (Wildman–Crippen LogP) is 0.617. The smallest absolute Gasteiger partial charge is 0.257 e. The Morgan fingerprint density at radius 3 is 2.25 bits per heavy atom. The highest BCUT2D eigenvalue weighted by atomic mass is 32.2. The molecule has 1 aromatic heterocycles. The number of benzene rings is 2. The summed E-state index contributed by atoms with van der Waals surface area (Å²) in [6.07, 6.45) is 1.20. The Balaban J connectivity index is 1.86. The molecule has 6 N–H and O–H groups in total. The Hall–Kier alpha value is -4.12. The summed E-state index contributed by atoms with van der Waals surface area (Å²) in [4.78, 5) is 24.1. The number of anilines is 1. The van der Waals surface area contributed by atoms with Crippen molar-refractivity contribution < 1.29 is 18.0 Å². The van der Waals surface area contributed by atoms with E-state index in [-0.39, 0.29) is 27.0 Å². The molecule has 162 valence electrons. The quantitative estimate of drug-likeness (QED) is 0.391. The Kier molecular flexibility index (Phi) is 6.30. The first-order chi connectivity index (χ1) is 15.1. The number of primary amides is 1. The lowest BCUT2D eigenvalue weighted by molar-refractivity contribution is 0.0975. The zero-order valence-electron chi connectivity index (χ0n) is 16.1. The summed E-state index contributed by atoms with van der Waals surface area (Å²) >= 11 is 5.17. The molecule has 0 atom stereocenters. The normalized spacial score (nSPS) is 10.8. The van der Waals surface area contributed by atoms with E-state index in [2.05, 4.69) is 15.7 Å². The molecule has 0 aliphatic heterocycles. The second-order valence-corrected chi connectivity index (χ2v) is 8.29. The molecule has 0 aliphatic carbocycles. The van der Waals surface area contributed by atoms with Gasteiger partial charge >= 0.3 is 0 Å². The van der Waals surface area contributed by atoms with Crippen LogP contribution < -0.4 is 21.5 Å². The van der Waals surface area contributed by atoms with Crippen molar-refractivity contribution in [2.45, 2.75) is 4.90 Å². The zero-order valence-corrected chi connectivity index (χ0v) is 17.8. The maximum atomic E-state index is 12.4. The van der Waals surface area contributed by atoms with Gasteiger partial charge in [0, 0.05) is 5.56 Å². The van der Waals surface area contributed by atoms with Gasteiger partial charge in [0.05, 0.1) is 28.4 Å². The van der Waals surface area contributed by atoms with Gasteiger partial charge in [-0.1, -0.05) is 0 Å². The number of hydrogen-bond acceptors (Lipinski definition) is 7. The van der Waals surface area contributed by atoms with Gasteiger partial charge in [-0.05, 0) is 60.7 Å². The molecule has 0 radical (unpaired) electrons. The molecule has 0 unspecified atom stereocenters. The number of primary sulfonamides is 1. The molecule has 3 aromatic rings. The second-order valence-electron chi connectivity index (χ2n) is 6.32. The molecule has 2 amide bonds. The van der Waals surface area contributed by atoms with Crippen molar-refractivity contribution in [2.24, 2.45) is 10.9 Å².